The summed E-state index contributed by atoms with van der Waals surface area (Å²) < 4.78 is 6.66. The molecule has 0 spiro atoms. The van der Waals surface area contributed by atoms with E-state index in [4.69, 9.17) is 4.74 Å². The Morgan fingerprint density at radius 2 is 1.41 bits per heavy atom. The van der Waals surface area contributed by atoms with E-state index < -0.39 is 5.60 Å². The molecule has 0 aromatic heterocycles. The number of ether oxygens (including phenoxy) is 1. The SMILES string of the molecule is CC12CC[C@H](O)C(C)(C)C1CCC1(C)C2CC(O)C2C([C@]3(C)CC[C@@H](C(C)(C)O)O3)CC[C@]21C. The molecule has 4 aliphatic carbocycles. The van der Waals surface area contributed by atoms with E-state index in [0.717, 1.165) is 44.9 Å². The quantitative estimate of drug-likeness (QED) is 0.477. The van der Waals surface area contributed by atoms with E-state index >= 15 is 0 Å². The van der Waals surface area contributed by atoms with Crippen molar-refractivity contribution in [3.05, 3.63) is 0 Å². The van der Waals surface area contributed by atoms with Crippen molar-refractivity contribution in [2.75, 3.05) is 0 Å². The molecule has 0 aromatic rings. The molecule has 5 aliphatic rings. The summed E-state index contributed by atoms with van der Waals surface area (Å²) in [6.07, 6.45) is 8.72. The molecule has 0 amide bonds. The lowest BCUT2D eigenvalue weighted by Gasteiger charge is -2.70. The summed E-state index contributed by atoms with van der Waals surface area (Å²) in [6, 6.07) is 0. The zero-order chi connectivity index (χ0) is 25.1. The molecule has 0 aromatic carbocycles. The number of fused-ring (bicyclic) bond motifs is 5. The lowest BCUT2D eigenvalue weighted by molar-refractivity contribution is -0.248. The maximum atomic E-state index is 11.9. The van der Waals surface area contributed by atoms with Crippen LogP contribution in [-0.2, 0) is 4.74 Å². The van der Waals surface area contributed by atoms with Gasteiger partial charge in [-0.1, -0.05) is 34.6 Å². The van der Waals surface area contributed by atoms with Gasteiger partial charge >= 0.3 is 0 Å². The molecule has 1 heterocycles. The summed E-state index contributed by atoms with van der Waals surface area (Å²) in [5.41, 5.74) is -0.703. The van der Waals surface area contributed by atoms with E-state index in [9.17, 15) is 15.3 Å². The highest BCUT2D eigenvalue weighted by atomic mass is 16.5. The average Bonchev–Trinajstić information content (AvgIpc) is 3.30. The maximum Gasteiger partial charge on any atom is 0.0865 e. The van der Waals surface area contributed by atoms with Crippen LogP contribution in [0.5, 0.6) is 0 Å². The molecule has 11 atom stereocenters. The first-order chi connectivity index (χ1) is 15.5. The third-order valence-corrected chi connectivity index (χ3v) is 13.3. The van der Waals surface area contributed by atoms with Gasteiger partial charge in [0.2, 0.25) is 0 Å². The summed E-state index contributed by atoms with van der Waals surface area (Å²) in [7, 11) is 0. The van der Waals surface area contributed by atoms with Crippen molar-refractivity contribution in [2.24, 2.45) is 45.3 Å². The normalized spacial score (nSPS) is 57.1. The number of hydrogen-bond acceptors (Lipinski definition) is 4. The predicted octanol–water partition coefficient (Wildman–Crippen LogP) is 5.71. The molecule has 1 aliphatic heterocycles. The Morgan fingerprint density at radius 3 is 2.03 bits per heavy atom. The molecular formula is C30H52O4. The Balaban J connectivity index is 1.48. The highest BCUT2D eigenvalue weighted by Gasteiger charge is 2.71. The van der Waals surface area contributed by atoms with Crippen LogP contribution >= 0.6 is 0 Å². The molecule has 34 heavy (non-hydrogen) atoms. The van der Waals surface area contributed by atoms with Gasteiger partial charge in [0, 0.05) is 0 Å². The number of aliphatic hydroxyl groups is 3. The highest BCUT2D eigenvalue weighted by Crippen LogP contribution is 2.76. The Hall–Kier alpha value is -0.160. The van der Waals surface area contributed by atoms with Crippen molar-refractivity contribution in [2.45, 2.75) is 143 Å². The summed E-state index contributed by atoms with van der Waals surface area (Å²) in [5.74, 6) is 1.59. The summed E-state index contributed by atoms with van der Waals surface area (Å²) >= 11 is 0. The first-order valence-corrected chi connectivity index (χ1v) is 14.3. The van der Waals surface area contributed by atoms with E-state index in [1.165, 1.54) is 12.8 Å². The maximum absolute atomic E-state index is 11.9. The van der Waals surface area contributed by atoms with E-state index in [1.807, 2.05) is 13.8 Å². The fraction of sp³-hybridized carbons (Fsp3) is 1.00. The molecule has 4 nitrogen and oxygen atoms in total. The Morgan fingerprint density at radius 1 is 0.765 bits per heavy atom. The lowest BCUT2D eigenvalue weighted by atomic mass is 9.35. The van der Waals surface area contributed by atoms with Gasteiger partial charge in [-0.05, 0) is 124 Å². The molecule has 0 radical (unpaired) electrons. The van der Waals surface area contributed by atoms with Gasteiger partial charge < -0.3 is 20.1 Å². The fourth-order valence-electron chi connectivity index (χ4n) is 11.1. The minimum absolute atomic E-state index is 0.0630. The van der Waals surface area contributed by atoms with Crippen LogP contribution in [0.4, 0.5) is 0 Å². The van der Waals surface area contributed by atoms with Crippen molar-refractivity contribution in [1.82, 2.24) is 0 Å². The zero-order valence-corrected chi connectivity index (χ0v) is 23.2. The number of hydrogen-bond donors (Lipinski definition) is 3. The molecule has 1 saturated heterocycles. The van der Waals surface area contributed by atoms with Crippen LogP contribution in [0.25, 0.3) is 0 Å². The van der Waals surface area contributed by atoms with Gasteiger partial charge in [-0.3, -0.25) is 0 Å². The Labute approximate surface area is 208 Å². The molecule has 3 N–H and O–H groups in total. The van der Waals surface area contributed by atoms with Crippen molar-refractivity contribution in [3.63, 3.8) is 0 Å². The van der Waals surface area contributed by atoms with Crippen molar-refractivity contribution in [1.29, 1.82) is 0 Å². The average molecular weight is 477 g/mol. The second-order valence-electron chi connectivity index (χ2n) is 15.4. The lowest BCUT2D eigenvalue weighted by Crippen LogP contribution is -2.66. The van der Waals surface area contributed by atoms with Crippen LogP contribution in [0.15, 0.2) is 0 Å². The largest absolute Gasteiger partial charge is 0.393 e. The molecule has 4 heteroatoms. The third kappa shape index (κ3) is 3.16. The van der Waals surface area contributed by atoms with Gasteiger partial charge in [-0.15, -0.1) is 0 Å². The summed E-state index contributed by atoms with van der Waals surface area (Å²) in [6.45, 7) is 18.1. The van der Waals surface area contributed by atoms with Crippen LogP contribution < -0.4 is 0 Å². The zero-order valence-electron chi connectivity index (χ0n) is 23.2. The fourth-order valence-corrected chi connectivity index (χ4v) is 11.1. The van der Waals surface area contributed by atoms with Crippen molar-refractivity contribution >= 4 is 0 Å². The minimum Gasteiger partial charge on any atom is -0.393 e. The molecule has 4 saturated carbocycles. The van der Waals surface area contributed by atoms with Crippen LogP contribution in [0, 0.1) is 45.3 Å². The molecule has 5 fully saturated rings. The second kappa shape index (κ2) is 7.45. The Kier molecular flexibility index (Phi) is 5.59. The van der Waals surface area contributed by atoms with Crippen molar-refractivity contribution < 1.29 is 20.1 Å². The van der Waals surface area contributed by atoms with Gasteiger partial charge in [-0.25, -0.2) is 0 Å². The summed E-state index contributed by atoms with van der Waals surface area (Å²) in [5, 5.41) is 33.4. The first kappa shape index (κ1) is 25.5. The van der Waals surface area contributed by atoms with Crippen LogP contribution in [-0.4, -0.2) is 44.8 Å². The topological polar surface area (TPSA) is 69.9 Å². The highest BCUT2D eigenvalue weighted by molar-refractivity contribution is 5.20. The molecule has 196 valence electrons. The monoisotopic (exact) mass is 476 g/mol. The molecule has 7 unspecified atom stereocenters. The standard InChI is InChI=1S/C30H52O4/c1-25(2)20-10-15-28(6)21(27(20,5)13-11-22(25)32)17-19(31)24-18(9-14-29(24,28)7)30(8)16-12-23(34-30)26(3,4)33/h18-24,31-33H,9-17H2,1-8H3/t18?,19?,20?,21?,22-,23-,24?,27?,28?,29+,30-/m0/s1. The minimum atomic E-state index is -0.826. The van der Waals surface area contributed by atoms with E-state index in [1.54, 1.807) is 0 Å². The van der Waals surface area contributed by atoms with Crippen molar-refractivity contribution in [3.8, 4) is 0 Å². The van der Waals surface area contributed by atoms with Crippen LogP contribution in [0.2, 0.25) is 0 Å². The van der Waals surface area contributed by atoms with Gasteiger partial charge in [0.15, 0.2) is 0 Å². The molecule has 5 rings (SSSR count). The molecule has 0 bridgehead atoms. The number of rotatable bonds is 2. The van der Waals surface area contributed by atoms with E-state index in [2.05, 4.69) is 41.5 Å². The summed E-state index contributed by atoms with van der Waals surface area (Å²) in [4.78, 5) is 0. The first-order valence-electron chi connectivity index (χ1n) is 14.3. The van der Waals surface area contributed by atoms with Gasteiger partial charge in [0.25, 0.3) is 0 Å². The third-order valence-electron chi connectivity index (χ3n) is 13.3. The van der Waals surface area contributed by atoms with E-state index in [0.29, 0.717) is 17.8 Å². The number of aliphatic hydroxyl groups excluding tert-OH is 2. The van der Waals surface area contributed by atoms with E-state index in [-0.39, 0.29) is 51.5 Å². The second-order valence-corrected chi connectivity index (χ2v) is 15.4. The Bertz CT molecular complexity index is 817. The predicted molar refractivity (Wildman–Crippen MR) is 135 cm³/mol. The van der Waals surface area contributed by atoms with Gasteiger partial charge in [0.05, 0.1) is 29.5 Å². The van der Waals surface area contributed by atoms with Crippen LogP contribution in [0.3, 0.4) is 0 Å². The molecular weight excluding hydrogens is 424 g/mol. The van der Waals surface area contributed by atoms with Gasteiger partial charge in [0.1, 0.15) is 0 Å². The smallest absolute Gasteiger partial charge is 0.0865 e. The van der Waals surface area contributed by atoms with Gasteiger partial charge in [-0.2, -0.15) is 0 Å². The van der Waals surface area contributed by atoms with Crippen LogP contribution in [0.1, 0.15) is 113 Å².